The highest BCUT2D eigenvalue weighted by molar-refractivity contribution is 6.35. The normalized spacial score (nSPS) is 10.6. The van der Waals surface area contributed by atoms with Crippen LogP contribution in [-0.2, 0) is 0 Å². The van der Waals surface area contributed by atoms with Crippen LogP contribution in [0.1, 0.15) is 0 Å². The van der Waals surface area contributed by atoms with Crippen LogP contribution in [-0.4, -0.2) is 6.61 Å². The second-order valence-corrected chi connectivity index (χ2v) is 2.84. The maximum atomic E-state index is 12.9. The van der Waals surface area contributed by atoms with E-state index in [0.717, 1.165) is 12.1 Å². The molecule has 0 aromatic heterocycles. The van der Waals surface area contributed by atoms with Crippen molar-refractivity contribution in [2.75, 3.05) is 0 Å². The average molecular weight is 231 g/mol. The molecule has 0 aliphatic rings. The predicted molar refractivity (Wildman–Crippen MR) is 43.1 cm³/mol. The van der Waals surface area contributed by atoms with Crippen LogP contribution in [0.5, 0.6) is 5.75 Å². The lowest BCUT2D eigenvalue weighted by atomic mass is 10.3. The van der Waals surface area contributed by atoms with Crippen LogP contribution in [0.2, 0.25) is 10.0 Å². The molecule has 1 aromatic carbocycles. The van der Waals surface area contributed by atoms with Gasteiger partial charge in [0.15, 0.2) is 5.82 Å². The van der Waals surface area contributed by atoms with E-state index in [1.165, 1.54) is 0 Å². The van der Waals surface area contributed by atoms with Gasteiger partial charge in [-0.2, -0.15) is 8.78 Å². The first kappa shape index (κ1) is 10.5. The van der Waals surface area contributed by atoms with Gasteiger partial charge in [-0.25, -0.2) is 4.39 Å². The van der Waals surface area contributed by atoms with Crippen molar-refractivity contribution in [2.24, 2.45) is 0 Å². The number of halogens is 5. The van der Waals surface area contributed by atoms with Crippen LogP contribution < -0.4 is 4.74 Å². The summed E-state index contributed by atoms with van der Waals surface area (Å²) < 4.78 is 40.2. The van der Waals surface area contributed by atoms with Crippen LogP contribution in [0, 0.1) is 5.82 Å². The molecule has 0 fully saturated rings. The molecule has 6 heteroatoms. The van der Waals surface area contributed by atoms with Gasteiger partial charge in [-0.1, -0.05) is 23.2 Å². The molecule has 0 unspecified atom stereocenters. The van der Waals surface area contributed by atoms with E-state index in [4.69, 9.17) is 23.2 Å². The van der Waals surface area contributed by atoms with E-state index >= 15 is 0 Å². The highest BCUT2D eigenvalue weighted by Gasteiger charge is 2.14. The van der Waals surface area contributed by atoms with Gasteiger partial charge in [0.05, 0.1) is 5.02 Å². The van der Waals surface area contributed by atoms with Gasteiger partial charge in [0, 0.05) is 0 Å². The minimum absolute atomic E-state index is 0.244. The van der Waals surface area contributed by atoms with Crippen LogP contribution in [0.25, 0.3) is 0 Å². The molecular weight excluding hydrogens is 228 g/mol. The Labute approximate surface area is 82.0 Å². The molecule has 72 valence electrons. The molecule has 0 saturated carbocycles. The third-order valence-electron chi connectivity index (χ3n) is 1.22. The minimum atomic E-state index is -3.04. The smallest absolute Gasteiger partial charge is 0.387 e. The molecule has 0 aliphatic carbocycles. The van der Waals surface area contributed by atoms with Crippen molar-refractivity contribution >= 4 is 23.2 Å². The SMILES string of the molecule is Fc1c(Cl)ccc(OC(F)F)c1Cl. The lowest BCUT2D eigenvalue weighted by Gasteiger charge is -2.07. The van der Waals surface area contributed by atoms with Crippen molar-refractivity contribution in [3.8, 4) is 5.75 Å². The van der Waals surface area contributed by atoms with Gasteiger partial charge < -0.3 is 4.74 Å². The monoisotopic (exact) mass is 230 g/mol. The third-order valence-corrected chi connectivity index (χ3v) is 1.86. The fraction of sp³-hybridized carbons (Fsp3) is 0.143. The Morgan fingerprint density at radius 1 is 1.23 bits per heavy atom. The number of ether oxygens (including phenoxy) is 1. The molecule has 0 bridgehead atoms. The van der Waals surface area contributed by atoms with Crippen LogP contribution in [0.15, 0.2) is 12.1 Å². The second kappa shape index (κ2) is 4.07. The fourth-order valence-electron chi connectivity index (χ4n) is 0.695. The van der Waals surface area contributed by atoms with Gasteiger partial charge in [0.1, 0.15) is 10.8 Å². The largest absolute Gasteiger partial charge is 0.433 e. The van der Waals surface area contributed by atoms with Crippen LogP contribution in [0.3, 0.4) is 0 Å². The summed E-state index contributed by atoms with van der Waals surface area (Å²) in [5, 5.41) is -0.792. The molecule has 1 nitrogen and oxygen atoms in total. The summed E-state index contributed by atoms with van der Waals surface area (Å²) in [6.07, 6.45) is 0. The Morgan fingerprint density at radius 2 is 1.85 bits per heavy atom. The molecule has 0 spiro atoms. The molecule has 0 radical (unpaired) electrons. The van der Waals surface area contributed by atoms with Crippen LogP contribution >= 0.6 is 23.2 Å². The maximum absolute atomic E-state index is 12.9. The summed E-state index contributed by atoms with van der Waals surface area (Å²) in [7, 11) is 0. The zero-order valence-electron chi connectivity index (χ0n) is 6.03. The van der Waals surface area contributed by atoms with Crippen molar-refractivity contribution in [1.82, 2.24) is 0 Å². The highest BCUT2D eigenvalue weighted by Crippen LogP contribution is 2.32. The Balaban J connectivity index is 3.04. The molecule has 0 aliphatic heterocycles. The second-order valence-electron chi connectivity index (χ2n) is 2.05. The first-order valence-electron chi connectivity index (χ1n) is 3.10. The first-order chi connectivity index (χ1) is 6.02. The standard InChI is InChI=1S/C7H3Cl2F3O/c8-3-1-2-4(13-7(11)12)5(9)6(3)10/h1-2,7H. The van der Waals surface area contributed by atoms with Gasteiger partial charge >= 0.3 is 6.61 Å². The van der Waals surface area contributed by atoms with E-state index in [1.54, 1.807) is 0 Å². The number of hydrogen-bond donors (Lipinski definition) is 0. The molecule has 0 saturated heterocycles. The predicted octanol–water partition coefficient (Wildman–Crippen LogP) is 3.73. The quantitative estimate of drug-likeness (QED) is 0.704. The Bertz CT molecular complexity index is 317. The zero-order chi connectivity index (χ0) is 10.0. The summed E-state index contributed by atoms with van der Waals surface area (Å²) in [6.45, 7) is -3.04. The molecular formula is C7H3Cl2F3O. The summed E-state index contributed by atoms with van der Waals surface area (Å²) >= 11 is 10.6. The molecule has 1 rings (SSSR count). The van der Waals surface area contributed by atoms with E-state index in [9.17, 15) is 13.2 Å². The van der Waals surface area contributed by atoms with Gasteiger partial charge in [-0.05, 0) is 12.1 Å². The first-order valence-corrected chi connectivity index (χ1v) is 3.86. The molecule has 0 N–H and O–H groups in total. The maximum Gasteiger partial charge on any atom is 0.387 e. The lowest BCUT2D eigenvalue weighted by molar-refractivity contribution is -0.0499. The Hall–Kier alpha value is -0.610. The number of rotatable bonds is 2. The van der Waals surface area contributed by atoms with E-state index in [2.05, 4.69) is 4.74 Å². The highest BCUT2D eigenvalue weighted by atomic mass is 35.5. The van der Waals surface area contributed by atoms with Crippen molar-refractivity contribution in [3.05, 3.63) is 28.0 Å². The Kier molecular flexibility index (Phi) is 3.27. The van der Waals surface area contributed by atoms with Crippen molar-refractivity contribution < 1.29 is 17.9 Å². The van der Waals surface area contributed by atoms with Crippen molar-refractivity contribution in [1.29, 1.82) is 0 Å². The van der Waals surface area contributed by atoms with E-state index in [1.807, 2.05) is 0 Å². The number of alkyl halides is 2. The van der Waals surface area contributed by atoms with Gasteiger partial charge in [-0.3, -0.25) is 0 Å². The summed E-state index contributed by atoms with van der Waals surface area (Å²) in [6, 6.07) is 2.15. The van der Waals surface area contributed by atoms with E-state index in [-0.39, 0.29) is 5.02 Å². The Morgan fingerprint density at radius 3 is 2.38 bits per heavy atom. The van der Waals surface area contributed by atoms with Gasteiger partial charge in [-0.15, -0.1) is 0 Å². The van der Waals surface area contributed by atoms with Crippen molar-refractivity contribution in [3.63, 3.8) is 0 Å². The summed E-state index contributed by atoms with van der Waals surface area (Å²) in [5.41, 5.74) is 0. The average Bonchev–Trinajstić information content (AvgIpc) is 2.06. The van der Waals surface area contributed by atoms with E-state index < -0.39 is 23.2 Å². The molecule has 0 amide bonds. The fourth-order valence-corrected chi connectivity index (χ4v) is 1.11. The number of benzene rings is 1. The molecule has 1 aromatic rings. The third kappa shape index (κ3) is 2.42. The minimum Gasteiger partial charge on any atom is -0.433 e. The lowest BCUT2D eigenvalue weighted by Crippen LogP contribution is -2.02. The van der Waals surface area contributed by atoms with Gasteiger partial charge in [0.2, 0.25) is 0 Å². The topological polar surface area (TPSA) is 9.23 Å². The summed E-state index contributed by atoms with van der Waals surface area (Å²) in [4.78, 5) is 0. The van der Waals surface area contributed by atoms with E-state index in [0.29, 0.717) is 0 Å². The molecule has 13 heavy (non-hydrogen) atoms. The molecule has 0 heterocycles. The van der Waals surface area contributed by atoms with Crippen LogP contribution in [0.4, 0.5) is 13.2 Å². The zero-order valence-corrected chi connectivity index (χ0v) is 7.54. The number of hydrogen-bond acceptors (Lipinski definition) is 1. The van der Waals surface area contributed by atoms with Crippen molar-refractivity contribution in [2.45, 2.75) is 6.61 Å². The molecule has 0 atom stereocenters. The van der Waals surface area contributed by atoms with Gasteiger partial charge in [0.25, 0.3) is 0 Å². The summed E-state index contributed by atoms with van der Waals surface area (Å²) in [5.74, 6) is -1.40.